The van der Waals surface area contributed by atoms with Gasteiger partial charge in [0.15, 0.2) is 29.6 Å². The van der Waals surface area contributed by atoms with E-state index in [1.54, 1.807) is 25.0 Å². The number of rotatable bonds is 7. The summed E-state index contributed by atoms with van der Waals surface area (Å²) in [4.78, 5) is 17.2. The Labute approximate surface area is 303 Å². The number of hydrogen-bond donors (Lipinski definition) is 0. The van der Waals surface area contributed by atoms with Crippen molar-refractivity contribution in [2.75, 3.05) is 0 Å². The third-order valence-corrected chi connectivity index (χ3v) is 7.90. The zero-order valence-electron chi connectivity index (χ0n) is 28.4. The maximum atomic E-state index is 5.89. The van der Waals surface area contributed by atoms with E-state index in [1.165, 1.54) is 6.39 Å². The summed E-state index contributed by atoms with van der Waals surface area (Å²) in [6.45, 7) is 8.34. The number of aromatic nitrogens is 10. The van der Waals surface area contributed by atoms with E-state index in [0.29, 0.717) is 23.4 Å². The molecule has 0 saturated heterocycles. The summed E-state index contributed by atoms with van der Waals surface area (Å²) in [5.41, 5.74) is 4.28. The molecule has 13 heteroatoms. The molecular formula is C38H35BrN10O2. The average Bonchev–Trinajstić information content (AvgIpc) is 4.00. The molecule has 51 heavy (non-hydrogen) atoms. The number of pyridine rings is 2. The van der Waals surface area contributed by atoms with Gasteiger partial charge in [-0.25, -0.2) is 19.9 Å². The maximum Gasteiger partial charge on any atom is 0.245 e. The first-order chi connectivity index (χ1) is 24.9. The second-order valence-electron chi connectivity index (χ2n) is 11.7. The molecule has 6 aromatic heterocycles. The van der Waals surface area contributed by atoms with Gasteiger partial charge in [-0.1, -0.05) is 72.8 Å². The Morgan fingerprint density at radius 1 is 0.588 bits per heavy atom. The molecular weight excluding hydrogens is 708 g/mol. The van der Waals surface area contributed by atoms with E-state index in [0.717, 1.165) is 44.5 Å². The lowest BCUT2D eigenvalue weighted by Gasteiger charge is -2.09. The van der Waals surface area contributed by atoms with Crippen LogP contribution in [0.5, 0.6) is 0 Å². The van der Waals surface area contributed by atoms with Crippen LogP contribution in [-0.4, -0.2) is 49.5 Å². The standard InChI is InChI=1S/C19H17N5O.C10H11BrN4.C9H7NO/c1-13(2)24-12-21-23-18(24)15-9-6-10-16(22-15)19-20-11-17(25-19)14-7-4-3-5-8-14;1-7(2)15-6-12-14-10(15)8-4-3-5-9(11)13-8;1-2-4-8(5-3-1)9-6-10-7-11-9/h3-13H,1-2H3;3-7H,1-2H3;1-7H. The van der Waals surface area contributed by atoms with Crippen LogP contribution in [-0.2, 0) is 0 Å². The minimum Gasteiger partial charge on any atom is -0.444 e. The number of hydrogen-bond acceptors (Lipinski definition) is 10. The van der Waals surface area contributed by atoms with Gasteiger partial charge in [-0.2, -0.15) is 0 Å². The van der Waals surface area contributed by atoms with Gasteiger partial charge in [0.05, 0.1) is 12.4 Å². The van der Waals surface area contributed by atoms with Gasteiger partial charge in [0, 0.05) is 23.2 Å². The zero-order valence-corrected chi connectivity index (χ0v) is 30.0. The summed E-state index contributed by atoms with van der Waals surface area (Å²) in [6, 6.07) is 31.8. The molecule has 0 atom stereocenters. The molecule has 0 unspecified atom stereocenters. The SMILES string of the molecule is CC(C)n1cnnc1-c1cccc(-c2ncc(-c3ccccc3)o2)n1.CC(C)n1cnnc1-c1cccc(Br)n1.c1ccc(-c2cnco2)cc1. The molecule has 0 saturated carbocycles. The van der Waals surface area contributed by atoms with Crippen molar-refractivity contribution in [2.24, 2.45) is 0 Å². The van der Waals surface area contributed by atoms with Crippen LogP contribution in [0.4, 0.5) is 0 Å². The van der Waals surface area contributed by atoms with Crippen LogP contribution in [0.1, 0.15) is 39.8 Å². The second kappa shape index (κ2) is 16.5. The number of oxazole rings is 2. The molecule has 0 aliphatic rings. The summed E-state index contributed by atoms with van der Waals surface area (Å²) in [5.74, 6) is 3.54. The Morgan fingerprint density at radius 2 is 1.14 bits per heavy atom. The molecule has 256 valence electrons. The normalized spacial score (nSPS) is 10.8. The van der Waals surface area contributed by atoms with Gasteiger partial charge in [0.1, 0.15) is 34.3 Å². The molecule has 0 aliphatic carbocycles. The van der Waals surface area contributed by atoms with E-state index in [1.807, 2.05) is 106 Å². The van der Waals surface area contributed by atoms with E-state index < -0.39 is 0 Å². The molecule has 0 amide bonds. The predicted octanol–water partition coefficient (Wildman–Crippen LogP) is 9.27. The first-order valence-electron chi connectivity index (χ1n) is 16.2. The highest BCUT2D eigenvalue weighted by Crippen LogP contribution is 2.27. The third kappa shape index (κ3) is 8.75. The van der Waals surface area contributed by atoms with Crippen LogP contribution in [0.3, 0.4) is 0 Å². The van der Waals surface area contributed by atoms with Crippen LogP contribution in [0.15, 0.2) is 142 Å². The minimum atomic E-state index is 0.252. The van der Waals surface area contributed by atoms with Crippen LogP contribution in [0.2, 0.25) is 0 Å². The van der Waals surface area contributed by atoms with Crippen molar-refractivity contribution >= 4 is 15.9 Å². The molecule has 0 bridgehead atoms. The average molecular weight is 744 g/mol. The van der Waals surface area contributed by atoms with E-state index in [9.17, 15) is 0 Å². The van der Waals surface area contributed by atoms with Crippen molar-refractivity contribution in [3.05, 3.63) is 133 Å². The smallest absolute Gasteiger partial charge is 0.245 e. The number of nitrogens with zero attached hydrogens (tertiary/aromatic N) is 10. The molecule has 0 radical (unpaired) electrons. The summed E-state index contributed by atoms with van der Waals surface area (Å²) < 4.78 is 15.8. The largest absolute Gasteiger partial charge is 0.444 e. The van der Waals surface area contributed by atoms with E-state index in [4.69, 9.17) is 8.83 Å². The Morgan fingerprint density at radius 3 is 1.69 bits per heavy atom. The van der Waals surface area contributed by atoms with Gasteiger partial charge in [-0.3, -0.25) is 0 Å². The molecule has 8 aromatic rings. The Balaban J connectivity index is 0.000000146. The molecule has 0 N–H and O–H groups in total. The predicted molar refractivity (Wildman–Crippen MR) is 198 cm³/mol. The van der Waals surface area contributed by atoms with Gasteiger partial charge in [-0.05, 0) is 67.9 Å². The molecule has 6 heterocycles. The lowest BCUT2D eigenvalue weighted by atomic mass is 10.2. The Kier molecular flexibility index (Phi) is 11.3. The number of halogens is 1. The molecule has 0 spiro atoms. The third-order valence-electron chi connectivity index (χ3n) is 7.45. The topological polar surface area (TPSA) is 139 Å². The van der Waals surface area contributed by atoms with E-state index in [2.05, 4.69) is 84.0 Å². The molecule has 0 aliphatic heterocycles. The molecule has 0 fully saturated rings. The highest BCUT2D eigenvalue weighted by Gasteiger charge is 2.15. The summed E-state index contributed by atoms with van der Waals surface area (Å²) >= 11 is 3.34. The van der Waals surface area contributed by atoms with Gasteiger partial charge in [0.25, 0.3) is 0 Å². The van der Waals surface area contributed by atoms with Crippen LogP contribution >= 0.6 is 15.9 Å². The first-order valence-corrected chi connectivity index (χ1v) is 17.0. The van der Waals surface area contributed by atoms with Crippen molar-refractivity contribution in [2.45, 2.75) is 39.8 Å². The van der Waals surface area contributed by atoms with Crippen molar-refractivity contribution in [3.8, 4) is 57.3 Å². The molecule has 8 rings (SSSR count). The lowest BCUT2D eigenvalue weighted by Crippen LogP contribution is -2.03. The Bertz CT molecular complexity index is 2250. The second-order valence-corrected chi connectivity index (χ2v) is 12.5. The fraction of sp³-hybridized carbons (Fsp3) is 0.158. The molecule has 12 nitrogen and oxygen atoms in total. The minimum absolute atomic E-state index is 0.252. The monoisotopic (exact) mass is 742 g/mol. The quantitative estimate of drug-likeness (QED) is 0.145. The lowest BCUT2D eigenvalue weighted by molar-refractivity contribution is 0.572. The number of benzene rings is 2. The highest BCUT2D eigenvalue weighted by molar-refractivity contribution is 9.10. The van der Waals surface area contributed by atoms with Crippen molar-refractivity contribution in [3.63, 3.8) is 0 Å². The van der Waals surface area contributed by atoms with Crippen LogP contribution < -0.4 is 0 Å². The first kappa shape index (κ1) is 34.8. The van der Waals surface area contributed by atoms with Gasteiger partial charge >= 0.3 is 0 Å². The molecule has 2 aromatic carbocycles. The van der Waals surface area contributed by atoms with Gasteiger partial charge in [-0.15, -0.1) is 20.4 Å². The van der Waals surface area contributed by atoms with Crippen LogP contribution in [0.25, 0.3) is 57.3 Å². The zero-order chi connectivity index (χ0) is 35.6. The maximum absolute atomic E-state index is 5.89. The van der Waals surface area contributed by atoms with E-state index in [-0.39, 0.29) is 6.04 Å². The summed E-state index contributed by atoms with van der Waals surface area (Å²) in [7, 11) is 0. The van der Waals surface area contributed by atoms with E-state index >= 15 is 0 Å². The van der Waals surface area contributed by atoms with Crippen molar-refractivity contribution < 1.29 is 8.83 Å². The fourth-order valence-electron chi connectivity index (χ4n) is 4.91. The highest BCUT2D eigenvalue weighted by atomic mass is 79.9. The van der Waals surface area contributed by atoms with Gasteiger partial charge in [0.2, 0.25) is 5.89 Å². The van der Waals surface area contributed by atoms with Crippen molar-refractivity contribution in [1.29, 1.82) is 0 Å². The Hall–Kier alpha value is -6.08. The van der Waals surface area contributed by atoms with Crippen molar-refractivity contribution in [1.82, 2.24) is 49.5 Å². The fourth-order valence-corrected chi connectivity index (χ4v) is 5.25. The summed E-state index contributed by atoms with van der Waals surface area (Å²) in [6.07, 6.45) is 8.29. The van der Waals surface area contributed by atoms with Crippen LogP contribution in [0, 0.1) is 0 Å². The summed E-state index contributed by atoms with van der Waals surface area (Å²) in [5, 5.41) is 16.2. The van der Waals surface area contributed by atoms with Gasteiger partial charge < -0.3 is 18.0 Å².